The summed E-state index contributed by atoms with van der Waals surface area (Å²) in [4.78, 5) is 28.9. The first-order valence-corrected chi connectivity index (χ1v) is 11.4. The van der Waals surface area contributed by atoms with Crippen molar-refractivity contribution >= 4 is 33.4 Å². The fraction of sp³-hybridized carbons (Fsp3) is 0.269. The molecule has 1 amide bonds. The number of halogens is 2. The fourth-order valence-electron chi connectivity index (χ4n) is 4.75. The Labute approximate surface area is 200 Å². The Hall–Kier alpha value is -4.19. The number of nitrogens with zero attached hydrogens (tertiary/aromatic N) is 6. The van der Waals surface area contributed by atoms with Gasteiger partial charge in [-0.3, -0.25) is 9.78 Å². The summed E-state index contributed by atoms with van der Waals surface area (Å²) in [7, 11) is 0. The van der Waals surface area contributed by atoms with Gasteiger partial charge in [0.2, 0.25) is 5.91 Å². The maximum Gasteiger partial charge on any atom is 0.222 e. The topological polar surface area (TPSA) is 86.0 Å². The van der Waals surface area contributed by atoms with Crippen LogP contribution in [-0.2, 0) is 4.79 Å². The number of carbonyl (C=O) groups is 1. The third kappa shape index (κ3) is 4.01. The van der Waals surface area contributed by atoms with Crippen LogP contribution in [0.15, 0.2) is 48.9 Å². The molecule has 3 heterocycles. The normalized spacial score (nSPS) is 16.0. The zero-order valence-electron chi connectivity index (χ0n) is 19.1. The third-order valence-corrected chi connectivity index (χ3v) is 6.42. The van der Waals surface area contributed by atoms with Gasteiger partial charge in [0.1, 0.15) is 29.2 Å². The first-order valence-electron chi connectivity index (χ1n) is 11.4. The Bertz CT molecular complexity index is 1480. The van der Waals surface area contributed by atoms with Gasteiger partial charge in [0.05, 0.1) is 23.9 Å². The van der Waals surface area contributed by atoms with Gasteiger partial charge < -0.3 is 9.80 Å². The maximum atomic E-state index is 15.8. The van der Waals surface area contributed by atoms with Crippen molar-refractivity contribution in [1.82, 2.24) is 19.9 Å². The highest BCUT2D eigenvalue weighted by Gasteiger charge is 2.31. The molecular formula is C26H22F2N6O. The summed E-state index contributed by atoms with van der Waals surface area (Å²) in [6, 6.07) is 11.7. The molecule has 0 radical (unpaired) electrons. The Morgan fingerprint density at radius 1 is 1.14 bits per heavy atom. The molecule has 5 rings (SSSR count). The number of anilines is 1. The molecule has 2 aromatic carbocycles. The van der Waals surface area contributed by atoms with Crippen LogP contribution in [0.4, 0.5) is 14.6 Å². The van der Waals surface area contributed by atoms with Crippen LogP contribution >= 0.6 is 0 Å². The monoisotopic (exact) mass is 472 g/mol. The minimum absolute atomic E-state index is 0.00267. The van der Waals surface area contributed by atoms with Gasteiger partial charge in [0.25, 0.3) is 0 Å². The minimum Gasteiger partial charge on any atom is -0.352 e. The quantitative estimate of drug-likeness (QED) is 0.436. The van der Waals surface area contributed by atoms with E-state index in [1.165, 1.54) is 24.7 Å². The number of rotatable bonds is 4. The molecule has 0 spiro atoms. The number of amides is 1. The Morgan fingerprint density at radius 3 is 2.77 bits per heavy atom. The van der Waals surface area contributed by atoms with Crippen molar-refractivity contribution in [2.45, 2.75) is 25.8 Å². The lowest BCUT2D eigenvalue weighted by Gasteiger charge is -2.41. The molecule has 1 aliphatic rings. The lowest BCUT2D eigenvalue weighted by Crippen LogP contribution is -2.55. The van der Waals surface area contributed by atoms with Crippen molar-refractivity contribution in [3.8, 4) is 17.3 Å². The highest BCUT2D eigenvalue weighted by molar-refractivity contribution is 5.99. The Kier molecular flexibility index (Phi) is 5.95. The highest BCUT2D eigenvalue weighted by Crippen LogP contribution is 2.34. The maximum absolute atomic E-state index is 15.8. The van der Waals surface area contributed by atoms with E-state index in [0.717, 1.165) is 0 Å². The zero-order chi connectivity index (χ0) is 24.5. The lowest BCUT2D eigenvalue weighted by molar-refractivity contribution is -0.133. The summed E-state index contributed by atoms with van der Waals surface area (Å²) in [5.74, 6) is -0.651. The highest BCUT2D eigenvalue weighted by atomic mass is 19.1. The predicted octanol–water partition coefficient (Wildman–Crippen LogP) is 4.46. The van der Waals surface area contributed by atoms with Gasteiger partial charge in [-0.25, -0.2) is 18.7 Å². The van der Waals surface area contributed by atoms with E-state index >= 15 is 4.39 Å². The molecule has 1 saturated heterocycles. The molecule has 7 nitrogen and oxygen atoms in total. The van der Waals surface area contributed by atoms with E-state index in [0.29, 0.717) is 53.6 Å². The van der Waals surface area contributed by atoms with Crippen molar-refractivity contribution in [1.29, 1.82) is 5.26 Å². The van der Waals surface area contributed by atoms with Gasteiger partial charge in [0.15, 0.2) is 5.82 Å². The first kappa shape index (κ1) is 22.6. The van der Waals surface area contributed by atoms with Gasteiger partial charge in [-0.1, -0.05) is 31.2 Å². The fourth-order valence-corrected chi connectivity index (χ4v) is 4.75. The van der Waals surface area contributed by atoms with Crippen molar-refractivity contribution in [2.24, 2.45) is 0 Å². The number of pyridine rings is 1. The van der Waals surface area contributed by atoms with Crippen LogP contribution in [0, 0.1) is 23.0 Å². The third-order valence-electron chi connectivity index (χ3n) is 6.42. The van der Waals surface area contributed by atoms with E-state index in [2.05, 4.69) is 21.0 Å². The number of hydrogen-bond acceptors (Lipinski definition) is 6. The van der Waals surface area contributed by atoms with E-state index in [1.54, 1.807) is 30.0 Å². The van der Waals surface area contributed by atoms with Crippen molar-refractivity contribution in [2.75, 3.05) is 24.5 Å². The van der Waals surface area contributed by atoms with E-state index < -0.39 is 11.6 Å². The summed E-state index contributed by atoms with van der Waals surface area (Å²) < 4.78 is 30.1. The molecule has 0 N–H and O–H groups in total. The molecule has 0 unspecified atom stereocenters. The van der Waals surface area contributed by atoms with Crippen LogP contribution in [0.25, 0.3) is 32.9 Å². The second-order valence-corrected chi connectivity index (χ2v) is 8.46. The van der Waals surface area contributed by atoms with Crippen LogP contribution in [0.5, 0.6) is 0 Å². The predicted molar refractivity (Wildman–Crippen MR) is 128 cm³/mol. The van der Waals surface area contributed by atoms with Gasteiger partial charge in [-0.05, 0) is 22.9 Å². The Morgan fingerprint density at radius 2 is 1.97 bits per heavy atom. The smallest absolute Gasteiger partial charge is 0.222 e. The summed E-state index contributed by atoms with van der Waals surface area (Å²) in [6.07, 6.45) is 3.35. The van der Waals surface area contributed by atoms with Crippen LogP contribution < -0.4 is 4.90 Å². The van der Waals surface area contributed by atoms with Crippen LogP contribution in [-0.4, -0.2) is 51.4 Å². The molecule has 1 aliphatic heterocycles. The van der Waals surface area contributed by atoms with Crippen molar-refractivity contribution in [3.63, 3.8) is 0 Å². The number of fused-ring (bicyclic) bond motifs is 2. The van der Waals surface area contributed by atoms with Crippen LogP contribution in [0.3, 0.4) is 0 Å². The minimum atomic E-state index is -0.657. The summed E-state index contributed by atoms with van der Waals surface area (Å²) in [6.45, 7) is 3.11. The van der Waals surface area contributed by atoms with E-state index in [-0.39, 0.29) is 29.6 Å². The second kappa shape index (κ2) is 9.22. The number of piperazine rings is 1. The number of carbonyl (C=O) groups excluding carboxylic acids is 1. The van der Waals surface area contributed by atoms with Gasteiger partial charge in [0, 0.05) is 37.8 Å². The van der Waals surface area contributed by atoms with Gasteiger partial charge in [-0.15, -0.1) is 0 Å². The van der Waals surface area contributed by atoms with E-state index in [9.17, 15) is 14.4 Å². The average molecular weight is 472 g/mol. The van der Waals surface area contributed by atoms with E-state index in [1.807, 2.05) is 11.0 Å². The number of benzene rings is 2. The van der Waals surface area contributed by atoms with E-state index in [4.69, 9.17) is 0 Å². The van der Waals surface area contributed by atoms with Crippen molar-refractivity contribution < 1.29 is 13.6 Å². The Balaban J connectivity index is 1.57. The molecule has 0 aliphatic carbocycles. The molecule has 35 heavy (non-hydrogen) atoms. The SMILES string of the molecule is CCC(=O)N1CCN(c2ncnc3c(F)c(-c4cc(F)cc5ccccc45)ncc23)C[C@@H]1CC#N. The summed E-state index contributed by atoms with van der Waals surface area (Å²) >= 11 is 0. The second-order valence-electron chi connectivity index (χ2n) is 8.46. The van der Waals surface area contributed by atoms with Crippen LogP contribution in [0.1, 0.15) is 19.8 Å². The molecule has 1 atom stereocenters. The number of nitriles is 1. The van der Waals surface area contributed by atoms with Crippen LogP contribution in [0.2, 0.25) is 0 Å². The standard InChI is InChI=1S/C26H22F2N6O/c1-2-22(35)34-10-9-33(14-18(34)7-8-29)26-21-13-30-24(23(28)25(21)31-15-32-26)20-12-17(27)11-16-5-3-4-6-19(16)20/h3-6,11-13,15,18H,2,7,9-10,14H2,1H3/t18-/m0/s1. The molecule has 1 fully saturated rings. The molecule has 0 saturated carbocycles. The average Bonchev–Trinajstić information content (AvgIpc) is 2.88. The van der Waals surface area contributed by atoms with Gasteiger partial charge in [-0.2, -0.15) is 5.26 Å². The van der Waals surface area contributed by atoms with Crippen molar-refractivity contribution in [3.05, 3.63) is 60.6 Å². The van der Waals surface area contributed by atoms with Gasteiger partial charge >= 0.3 is 0 Å². The zero-order valence-corrected chi connectivity index (χ0v) is 19.1. The lowest BCUT2D eigenvalue weighted by atomic mass is 10.0. The molecule has 2 aromatic heterocycles. The summed E-state index contributed by atoms with van der Waals surface area (Å²) in [5, 5.41) is 11.0. The molecule has 9 heteroatoms. The molecule has 0 bridgehead atoms. The molecular weight excluding hydrogens is 450 g/mol. The number of hydrogen-bond donors (Lipinski definition) is 0. The largest absolute Gasteiger partial charge is 0.352 e. The summed E-state index contributed by atoms with van der Waals surface area (Å²) in [5.41, 5.74) is 0.441. The first-order chi connectivity index (χ1) is 17.0. The number of aromatic nitrogens is 3. The molecule has 4 aromatic rings. The molecule has 176 valence electrons.